The second kappa shape index (κ2) is 4.83. The molecule has 0 N–H and O–H groups in total. The molecule has 4 nitrogen and oxygen atoms in total. The minimum absolute atomic E-state index is 0.190. The lowest BCUT2D eigenvalue weighted by molar-refractivity contribution is 0.399. The molecule has 0 radical (unpaired) electrons. The summed E-state index contributed by atoms with van der Waals surface area (Å²) in [5, 5.41) is 0. The molecule has 1 aromatic carbocycles. The number of hydrogen-bond donors (Lipinski definition) is 0. The normalized spacial score (nSPS) is 11.7. The topological polar surface area (TPSA) is 46.6 Å². The third-order valence-electron chi connectivity index (χ3n) is 1.96. The molecule has 6 heteroatoms. The van der Waals surface area contributed by atoms with Crippen molar-refractivity contribution < 1.29 is 13.2 Å². The molecule has 0 fully saturated rings. The van der Waals surface area contributed by atoms with Crippen LogP contribution in [0.2, 0.25) is 0 Å². The summed E-state index contributed by atoms with van der Waals surface area (Å²) in [5.41, 5.74) is 0.770. The molecule has 0 bridgehead atoms. The molecule has 0 spiro atoms. The maximum Gasteiger partial charge on any atom is 0.299 e. The number of para-hydroxylation sites is 1. The van der Waals surface area contributed by atoms with Crippen molar-refractivity contribution in [2.45, 2.75) is 6.54 Å². The lowest BCUT2D eigenvalue weighted by atomic mass is 10.2. The van der Waals surface area contributed by atoms with Crippen molar-refractivity contribution >= 4 is 19.9 Å². The van der Waals surface area contributed by atoms with Gasteiger partial charge in [-0.2, -0.15) is 12.7 Å². The molecule has 1 aromatic rings. The van der Waals surface area contributed by atoms with Gasteiger partial charge in [-0.25, -0.2) is 0 Å². The Balaban J connectivity index is 2.90. The van der Waals surface area contributed by atoms with Crippen molar-refractivity contribution in [1.29, 1.82) is 0 Å². The lowest BCUT2D eigenvalue weighted by Gasteiger charge is -2.14. The van der Waals surface area contributed by atoms with Crippen LogP contribution in [0.25, 0.3) is 0 Å². The fourth-order valence-electron chi connectivity index (χ4n) is 1.15. The first-order valence-corrected chi connectivity index (χ1v) is 6.49. The van der Waals surface area contributed by atoms with Crippen LogP contribution < -0.4 is 4.74 Å². The van der Waals surface area contributed by atoms with E-state index in [-0.39, 0.29) is 6.54 Å². The van der Waals surface area contributed by atoms with Gasteiger partial charge in [0.1, 0.15) is 5.75 Å². The van der Waals surface area contributed by atoms with Crippen LogP contribution in [0.3, 0.4) is 0 Å². The van der Waals surface area contributed by atoms with Gasteiger partial charge in [-0.3, -0.25) is 0 Å². The van der Waals surface area contributed by atoms with Gasteiger partial charge in [-0.1, -0.05) is 18.2 Å². The molecule has 0 heterocycles. The van der Waals surface area contributed by atoms with Crippen molar-refractivity contribution in [2.75, 3.05) is 14.2 Å². The lowest BCUT2D eigenvalue weighted by Crippen LogP contribution is -2.21. The van der Waals surface area contributed by atoms with Gasteiger partial charge in [0.2, 0.25) is 0 Å². The molecule has 0 amide bonds. The maximum absolute atomic E-state index is 11.0. The van der Waals surface area contributed by atoms with Crippen molar-refractivity contribution in [3.63, 3.8) is 0 Å². The Kier molecular flexibility index (Phi) is 3.96. The van der Waals surface area contributed by atoms with Crippen LogP contribution in [0.5, 0.6) is 5.75 Å². The van der Waals surface area contributed by atoms with E-state index in [0.29, 0.717) is 5.75 Å². The van der Waals surface area contributed by atoms with E-state index in [4.69, 9.17) is 15.4 Å². The van der Waals surface area contributed by atoms with E-state index in [0.717, 1.165) is 9.87 Å². The molecule has 15 heavy (non-hydrogen) atoms. The molecule has 84 valence electrons. The highest BCUT2D eigenvalue weighted by Crippen LogP contribution is 2.20. The Morgan fingerprint density at radius 2 is 2.00 bits per heavy atom. The standard InChI is InChI=1S/C9H12ClNO3S/c1-11(15(10,12)13)7-8-5-3-4-6-9(8)14-2/h3-6H,7H2,1-2H3. The Bertz CT molecular complexity index is 433. The largest absolute Gasteiger partial charge is 0.496 e. The van der Waals surface area contributed by atoms with Crippen LogP contribution in [0, 0.1) is 0 Å². The molecule has 0 atom stereocenters. The first-order valence-electron chi connectivity index (χ1n) is 4.23. The molecular formula is C9H12ClNO3S. The third-order valence-corrected chi connectivity index (χ3v) is 3.54. The number of halogens is 1. The minimum atomic E-state index is -3.68. The predicted molar refractivity (Wildman–Crippen MR) is 59.2 cm³/mol. The van der Waals surface area contributed by atoms with E-state index in [1.165, 1.54) is 14.2 Å². The van der Waals surface area contributed by atoms with Crippen LogP contribution in [0.4, 0.5) is 0 Å². The van der Waals surface area contributed by atoms with Gasteiger partial charge in [0.05, 0.1) is 7.11 Å². The molecule has 0 aliphatic carbocycles. The van der Waals surface area contributed by atoms with Gasteiger partial charge in [0.25, 0.3) is 9.24 Å². The zero-order chi connectivity index (χ0) is 11.5. The predicted octanol–water partition coefficient (Wildman–Crippen LogP) is 1.61. The Morgan fingerprint density at radius 3 is 2.53 bits per heavy atom. The van der Waals surface area contributed by atoms with E-state index in [1.807, 2.05) is 12.1 Å². The summed E-state index contributed by atoms with van der Waals surface area (Å²) in [6.45, 7) is 0.190. The molecule has 0 aliphatic heterocycles. The number of ether oxygens (including phenoxy) is 1. The fourth-order valence-corrected chi connectivity index (χ4v) is 1.59. The molecular weight excluding hydrogens is 238 g/mol. The number of methoxy groups -OCH3 is 1. The van der Waals surface area contributed by atoms with E-state index in [1.54, 1.807) is 12.1 Å². The van der Waals surface area contributed by atoms with Gasteiger partial charge >= 0.3 is 0 Å². The summed E-state index contributed by atoms with van der Waals surface area (Å²) in [7, 11) is 4.46. The smallest absolute Gasteiger partial charge is 0.299 e. The summed E-state index contributed by atoms with van der Waals surface area (Å²) < 4.78 is 28.1. The van der Waals surface area contributed by atoms with Gasteiger partial charge in [0.15, 0.2) is 0 Å². The summed E-state index contributed by atoms with van der Waals surface area (Å²) >= 11 is 0. The molecule has 0 saturated carbocycles. The van der Waals surface area contributed by atoms with Crippen LogP contribution in [0.15, 0.2) is 24.3 Å². The minimum Gasteiger partial charge on any atom is -0.496 e. The summed E-state index contributed by atoms with van der Waals surface area (Å²) in [4.78, 5) is 0. The van der Waals surface area contributed by atoms with Gasteiger partial charge in [0, 0.05) is 29.8 Å². The number of nitrogens with zero attached hydrogens (tertiary/aromatic N) is 1. The van der Waals surface area contributed by atoms with Crippen molar-refractivity contribution in [1.82, 2.24) is 4.31 Å². The summed E-state index contributed by atoms with van der Waals surface area (Å²) in [5.74, 6) is 0.643. The second-order valence-electron chi connectivity index (χ2n) is 3.01. The van der Waals surface area contributed by atoms with E-state index in [9.17, 15) is 8.42 Å². The van der Waals surface area contributed by atoms with Crippen LogP contribution >= 0.6 is 10.7 Å². The van der Waals surface area contributed by atoms with E-state index in [2.05, 4.69) is 0 Å². The van der Waals surface area contributed by atoms with Crippen molar-refractivity contribution in [2.24, 2.45) is 0 Å². The third kappa shape index (κ3) is 3.37. The van der Waals surface area contributed by atoms with Gasteiger partial charge < -0.3 is 4.74 Å². The highest BCUT2D eigenvalue weighted by molar-refractivity contribution is 8.11. The Morgan fingerprint density at radius 1 is 1.40 bits per heavy atom. The highest BCUT2D eigenvalue weighted by atomic mass is 35.7. The quantitative estimate of drug-likeness (QED) is 0.762. The number of rotatable bonds is 4. The van der Waals surface area contributed by atoms with Crippen LogP contribution in [-0.4, -0.2) is 26.9 Å². The molecule has 0 aromatic heterocycles. The Labute approximate surface area is 94.0 Å². The van der Waals surface area contributed by atoms with E-state index < -0.39 is 9.24 Å². The zero-order valence-electron chi connectivity index (χ0n) is 8.47. The van der Waals surface area contributed by atoms with Crippen molar-refractivity contribution in [3.05, 3.63) is 29.8 Å². The SMILES string of the molecule is COc1ccccc1CN(C)S(=O)(=O)Cl. The molecule has 0 aliphatic rings. The monoisotopic (exact) mass is 249 g/mol. The zero-order valence-corrected chi connectivity index (χ0v) is 10.0. The van der Waals surface area contributed by atoms with Gasteiger partial charge in [-0.05, 0) is 6.07 Å². The van der Waals surface area contributed by atoms with E-state index >= 15 is 0 Å². The first-order chi connectivity index (χ1) is 6.95. The molecule has 0 saturated heterocycles. The van der Waals surface area contributed by atoms with Gasteiger partial charge in [-0.15, -0.1) is 0 Å². The Hall–Kier alpha value is -0.780. The molecule has 1 rings (SSSR count). The summed E-state index contributed by atoms with van der Waals surface area (Å²) in [6, 6.07) is 7.19. The van der Waals surface area contributed by atoms with Crippen LogP contribution in [0.1, 0.15) is 5.56 Å². The average molecular weight is 250 g/mol. The second-order valence-corrected chi connectivity index (χ2v) is 5.63. The summed E-state index contributed by atoms with van der Waals surface area (Å²) in [6.07, 6.45) is 0. The average Bonchev–Trinajstić information content (AvgIpc) is 2.17. The highest BCUT2D eigenvalue weighted by Gasteiger charge is 2.15. The fraction of sp³-hybridized carbons (Fsp3) is 0.333. The maximum atomic E-state index is 11.0. The van der Waals surface area contributed by atoms with Crippen LogP contribution in [-0.2, 0) is 15.8 Å². The number of benzene rings is 1. The molecule has 0 unspecified atom stereocenters. The number of hydrogen-bond acceptors (Lipinski definition) is 3. The first kappa shape index (κ1) is 12.3. The van der Waals surface area contributed by atoms with Crippen molar-refractivity contribution in [3.8, 4) is 5.75 Å².